The first kappa shape index (κ1) is 17.0. The van der Waals surface area contributed by atoms with Gasteiger partial charge < -0.3 is 15.2 Å². The van der Waals surface area contributed by atoms with E-state index in [-0.39, 0.29) is 0 Å². The molecule has 0 amide bonds. The van der Waals surface area contributed by atoms with Crippen LogP contribution >= 0.6 is 0 Å². The Morgan fingerprint density at radius 3 is 2.45 bits per heavy atom. The van der Waals surface area contributed by atoms with E-state index in [0.29, 0.717) is 25.0 Å². The normalized spacial score (nSPS) is 14.3. The molecular formula is C17H29NO2. The Hall–Kier alpha value is -1.06. The standard InChI is InChI=1S/C17H29NO2/c1-12(2)15(5)9-18-10-16(19)11-20-17-7-6-13(3)8-14(17)4/h6-8,12,15-16,18-19H,9-11H2,1-5H3. The molecule has 1 rings (SSSR count). The fourth-order valence-corrected chi connectivity index (χ4v) is 1.92. The summed E-state index contributed by atoms with van der Waals surface area (Å²) in [5.41, 5.74) is 2.33. The van der Waals surface area contributed by atoms with Crippen molar-refractivity contribution in [3.63, 3.8) is 0 Å². The van der Waals surface area contributed by atoms with Gasteiger partial charge in [-0.25, -0.2) is 0 Å². The zero-order valence-electron chi connectivity index (χ0n) is 13.4. The van der Waals surface area contributed by atoms with Gasteiger partial charge in [-0.3, -0.25) is 0 Å². The number of ether oxygens (including phenoxy) is 1. The highest BCUT2D eigenvalue weighted by atomic mass is 16.5. The van der Waals surface area contributed by atoms with E-state index < -0.39 is 6.10 Å². The number of rotatable bonds is 8. The number of aliphatic hydroxyl groups is 1. The van der Waals surface area contributed by atoms with Crippen molar-refractivity contribution in [2.45, 2.75) is 40.7 Å². The fourth-order valence-electron chi connectivity index (χ4n) is 1.92. The van der Waals surface area contributed by atoms with Crippen LogP contribution in [0.15, 0.2) is 18.2 Å². The van der Waals surface area contributed by atoms with Gasteiger partial charge in [0.25, 0.3) is 0 Å². The number of aliphatic hydroxyl groups excluding tert-OH is 1. The van der Waals surface area contributed by atoms with Crippen molar-refractivity contribution in [1.29, 1.82) is 0 Å². The summed E-state index contributed by atoms with van der Waals surface area (Å²) in [6, 6.07) is 6.08. The Morgan fingerprint density at radius 2 is 1.85 bits per heavy atom. The van der Waals surface area contributed by atoms with Gasteiger partial charge in [-0.2, -0.15) is 0 Å². The van der Waals surface area contributed by atoms with Crippen LogP contribution < -0.4 is 10.1 Å². The minimum absolute atomic E-state index is 0.326. The summed E-state index contributed by atoms with van der Waals surface area (Å²) in [7, 11) is 0. The molecule has 3 heteroatoms. The first-order chi connectivity index (χ1) is 9.40. The summed E-state index contributed by atoms with van der Waals surface area (Å²) < 4.78 is 5.67. The van der Waals surface area contributed by atoms with E-state index in [9.17, 15) is 5.11 Å². The fraction of sp³-hybridized carbons (Fsp3) is 0.647. The molecule has 1 aromatic rings. The number of aryl methyl sites for hydroxylation is 2. The quantitative estimate of drug-likeness (QED) is 0.769. The van der Waals surface area contributed by atoms with Crippen LogP contribution in [-0.4, -0.2) is 30.9 Å². The van der Waals surface area contributed by atoms with Crippen molar-refractivity contribution >= 4 is 0 Å². The van der Waals surface area contributed by atoms with Crippen LogP contribution in [-0.2, 0) is 0 Å². The Morgan fingerprint density at radius 1 is 1.15 bits per heavy atom. The monoisotopic (exact) mass is 279 g/mol. The molecule has 0 heterocycles. The Bertz CT molecular complexity index is 404. The second-order valence-corrected chi connectivity index (χ2v) is 6.11. The minimum atomic E-state index is -0.477. The molecule has 0 saturated heterocycles. The van der Waals surface area contributed by atoms with Gasteiger partial charge in [-0.15, -0.1) is 0 Å². The lowest BCUT2D eigenvalue weighted by Gasteiger charge is -2.18. The minimum Gasteiger partial charge on any atom is -0.491 e. The molecule has 0 aliphatic rings. The van der Waals surface area contributed by atoms with E-state index in [1.165, 1.54) is 5.56 Å². The van der Waals surface area contributed by atoms with Gasteiger partial charge in [0.05, 0.1) is 0 Å². The summed E-state index contributed by atoms with van der Waals surface area (Å²) in [6.45, 7) is 12.6. The molecule has 2 atom stereocenters. The van der Waals surface area contributed by atoms with Crippen molar-refractivity contribution in [2.24, 2.45) is 11.8 Å². The van der Waals surface area contributed by atoms with Crippen LogP contribution in [0.4, 0.5) is 0 Å². The predicted molar refractivity (Wildman–Crippen MR) is 84.3 cm³/mol. The molecule has 3 nitrogen and oxygen atoms in total. The van der Waals surface area contributed by atoms with Crippen LogP contribution in [0.25, 0.3) is 0 Å². The van der Waals surface area contributed by atoms with Crippen molar-refractivity contribution in [3.05, 3.63) is 29.3 Å². The van der Waals surface area contributed by atoms with Crippen LogP contribution in [0.2, 0.25) is 0 Å². The molecule has 0 aliphatic heterocycles. The second-order valence-electron chi connectivity index (χ2n) is 6.11. The highest BCUT2D eigenvalue weighted by Gasteiger charge is 2.09. The molecule has 114 valence electrons. The number of hydrogen-bond acceptors (Lipinski definition) is 3. The van der Waals surface area contributed by atoms with E-state index in [1.807, 2.05) is 19.1 Å². The average Bonchev–Trinajstić information content (AvgIpc) is 2.37. The third-order valence-electron chi connectivity index (χ3n) is 3.75. The van der Waals surface area contributed by atoms with E-state index in [0.717, 1.165) is 17.9 Å². The first-order valence-corrected chi connectivity index (χ1v) is 7.49. The lowest BCUT2D eigenvalue weighted by atomic mass is 9.98. The predicted octanol–water partition coefficient (Wildman–Crippen LogP) is 2.92. The highest BCUT2D eigenvalue weighted by molar-refractivity contribution is 5.35. The third kappa shape index (κ3) is 5.93. The topological polar surface area (TPSA) is 41.5 Å². The van der Waals surface area contributed by atoms with Crippen molar-refractivity contribution in [3.8, 4) is 5.75 Å². The smallest absolute Gasteiger partial charge is 0.122 e. The van der Waals surface area contributed by atoms with E-state index in [4.69, 9.17) is 4.74 Å². The molecule has 2 N–H and O–H groups in total. The summed E-state index contributed by atoms with van der Waals surface area (Å²) in [5.74, 6) is 2.12. The van der Waals surface area contributed by atoms with Gasteiger partial charge in [-0.05, 0) is 43.9 Å². The largest absolute Gasteiger partial charge is 0.491 e. The molecule has 20 heavy (non-hydrogen) atoms. The molecular weight excluding hydrogens is 250 g/mol. The SMILES string of the molecule is Cc1ccc(OCC(O)CNCC(C)C(C)C)c(C)c1. The Balaban J connectivity index is 2.27. The molecule has 0 spiro atoms. The molecule has 0 saturated carbocycles. The molecule has 0 aliphatic carbocycles. The van der Waals surface area contributed by atoms with Gasteiger partial charge >= 0.3 is 0 Å². The van der Waals surface area contributed by atoms with Gasteiger partial charge in [0.15, 0.2) is 0 Å². The van der Waals surface area contributed by atoms with Gasteiger partial charge in [0.1, 0.15) is 18.5 Å². The summed E-state index contributed by atoms with van der Waals surface area (Å²) in [5, 5.41) is 13.2. The zero-order valence-corrected chi connectivity index (χ0v) is 13.4. The number of nitrogens with one attached hydrogen (secondary N) is 1. The van der Waals surface area contributed by atoms with Crippen LogP contribution in [0.3, 0.4) is 0 Å². The summed E-state index contributed by atoms with van der Waals surface area (Å²) >= 11 is 0. The van der Waals surface area contributed by atoms with Crippen molar-refractivity contribution in [2.75, 3.05) is 19.7 Å². The van der Waals surface area contributed by atoms with Crippen LogP contribution in [0.5, 0.6) is 5.75 Å². The maximum atomic E-state index is 9.92. The molecule has 0 fully saturated rings. The van der Waals surface area contributed by atoms with Gasteiger partial charge in [-0.1, -0.05) is 38.5 Å². The molecule has 0 radical (unpaired) electrons. The zero-order chi connectivity index (χ0) is 15.1. The lowest BCUT2D eigenvalue weighted by molar-refractivity contribution is 0.104. The number of hydrogen-bond donors (Lipinski definition) is 2. The maximum absolute atomic E-state index is 9.92. The maximum Gasteiger partial charge on any atom is 0.122 e. The Kier molecular flexibility index (Phi) is 7.03. The van der Waals surface area contributed by atoms with Crippen molar-refractivity contribution < 1.29 is 9.84 Å². The van der Waals surface area contributed by atoms with Crippen LogP contribution in [0.1, 0.15) is 31.9 Å². The number of benzene rings is 1. The van der Waals surface area contributed by atoms with Crippen LogP contribution in [0, 0.1) is 25.7 Å². The average molecular weight is 279 g/mol. The van der Waals surface area contributed by atoms with E-state index >= 15 is 0 Å². The summed E-state index contributed by atoms with van der Waals surface area (Å²) in [6.07, 6.45) is -0.477. The molecule has 2 unspecified atom stereocenters. The van der Waals surface area contributed by atoms with Gasteiger partial charge in [0.2, 0.25) is 0 Å². The summed E-state index contributed by atoms with van der Waals surface area (Å²) in [4.78, 5) is 0. The lowest BCUT2D eigenvalue weighted by Crippen LogP contribution is -2.34. The molecule has 0 bridgehead atoms. The highest BCUT2D eigenvalue weighted by Crippen LogP contribution is 2.18. The van der Waals surface area contributed by atoms with Gasteiger partial charge in [0, 0.05) is 6.54 Å². The van der Waals surface area contributed by atoms with Crippen molar-refractivity contribution in [1.82, 2.24) is 5.32 Å². The van der Waals surface area contributed by atoms with E-state index in [1.54, 1.807) is 0 Å². The molecule has 1 aromatic carbocycles. The van der Waals surface area contributed by atoms with E-state index in [2.05, 4.69) is 39.1 Å². The second kappa shape index (κ2) is 8.28. The first-order valence-electron chi connectivity index (χ1n) is 7.49. The Labute approximate surface area is 123 Å². The molecule has 0 aromatic heterocycles. The third-order valence-corrected chi connectivity index (χ3v) is 3.75.